The second kappa shape index (κ2) is 4.56. The lowest BCUT2D eigenvalue weighted by Gasteiger charge is -2.10. The minimum atomic E-state index is -0.00764. The van der Waals surface area contributed by atoms with Crippen LogP contribution in [0.2, 0.25) is 0 Å². The highest BCUT2D eigenvalue weighted by molar-refractivity contribution is 5.53. The molecule has 0 unspecified atom stereocenters. The van der Waals surface area contributed by atoms with Gasteiger partial charge in [-0.05, 0) is 25.5 Å². The first-order valence-electron chi connectivity index (χ1n) is 4.48. The maximum Gasteiger partial charge on any atom is 0.164 e. The van der Waals surface area contributed by atoms with Gasteiger partial charge in [0.25, 0.3) is 0 Å². The molecule has 0 radical (unpaired) electrons. The predicted octanol–water partition coefficient (Wildman–Crippen LogP) is 2.23. The zero-order valence-corrected chi connectivity index (χ0v) is 8.16. The number of rotatable bonds is 4. The van der Waals surface area contributed by atoms with Crippen molar-refractivity contribution in [2.24, 2.45) is 0 Å². The van der Waals surface area contributed by atoms with Crippen LogP contribution in [-0.4, -0.2) is 16.8 Å². The van der Waals surface area contributed by atoms with E-state index < -0.39 is 0 Å². The van der Waals surface area contributed by atoms with Crippen molar-refractivity contribution >= 4 is 0 Å². The molecule has 0 amide bonds. The van der Waals surface area contributed by atoms with E-state index in [1.54, 1.807) is 12.1 Å². The summed E-state index contributed by atoms with van der Waals surface area (Å²) in [5, 5.41) is 19.2. The van der Waals surface area contributed by atoms with Crippen molar-refractivity contribution in [3.05, 3.63) is 30.4 Å². The molecule has 0 saturated heterocycles. The van der Waals surface area contributed by atoms with Crippen LogP contribution in [0, 0.1) is 0 Å². The smallest absolute Gasteiger partial charge is 0.164 e. The molecule has 1 aromatic rings. The molecule has 0 aliphatic rings. The Labute approximate surface area is 83.3 Å². The van der Waals surface area contributed by atoms with Crippen molar-refractivity contribution in [3.63, 3.8) is 0 Å². The van der Waals surface area contributed by atoms with E-state index in [9.17, 15) is 10.2 Å². The summed E-state index contributed by atoms with van der Waals surface area (Å²) in [5.74, 6) is 0.444. The quantitative estimate of drug-likeness (QED) is 0.722. The Hall–Kier alpha value is -1.64. The number of allylic oxidation sites excluding steroid dienone is 1. The van der Waals surface area contributed by atoms with Crippen LogP contribution < -0.4 is 4.74 Å². The molecule has 0 aromatic heterocycles. The van der Waals surface area contributed by atoms with Gasteiger partial charge < -0.3 is 14.9 Å². The highest BCUT2D eigenvalue weighted by atomic mass is 16.5. The van der Waals surface area contributed by atoms with E-state index in [1.165, 1.54) is 6.07 Å². The third-order valence-corrected chi connectivity index (χ3v) is 1.87. The fraction of sp³-hybridized carbons (Fsp3) is 0.273. The average Bonchev–Trinajstić information content (AvgIpc) is 2.17. The van der Waals surface area contributed by atoms with Crippen LogP contribution in [0.3, 0.4) is 0 Å². The predicted molar refractivity (Wildman–Crippen MR) is 54.8 cm³/mol. The molecule has 0 aliphatic carbocycles. The second-order valence-electron chi connectivity index (χ2n) is 2.84. The van der Waals surface area contributed by atoms with Gasteiger partial charge in [0, 0.05) is 5.56 Å². The normalized spacial score (nSPS) is 9.79. The van der Waals surface area contributed by atoms with Crippen LogP contribution in [-0.2, 0) is 6.42 Å². The molecule has 0 bridgehead atoms. The van der Waals surface area contributed by atoms with E-state index in [-0.39, 0.29) is 11.5 Å². The van der Waals surface area contributed by atoms with E-state index in [4.69, 9.17) is 4.74 Å². The first-order valence-corrected chi connectivity index (χ1v) is 4.48. The summed E-state index contributed by atoms with van der Waals surface area (Å²) in [6.07, 6.45) is 2.03. The van der Waals surface area contributed by atoms with Crippen LogP contribution in [0.4, 0.5) is 0 Å². The lowest BCUT2D eigenvalue weighted by Crippen LogP contribution is -1.94. The summed E-state index contributed by atoms with van der Waals surface area (Å²) in [6, 6.07) is 3.05. The van der Waals surface area contributed by atoms with E-state index in [1.807, 2.05) is 6.92 Å². The zero-order chi connectivity index (χ0) is 10.6. The molecular weight excluding hydrogens is 180 g/mol. The summed E-state index contributed by atoms with van der Waals surface area (Å²) in [7, 11) is 0. The second-order valence-corrected chi connectivity index (χ2v) is 2.84. The SMILES string of the molecule is C=CCc1c(O)ccc(OCC)c1O. The van der Waals surface area contributed by atoms with Gasteiger partial charge in [0.1, 0.15) is 5.75 Å². The molecule has 76 valence electrons. The summed E-state index contributed by atoms with van der Waals surface area (Å²) in [6.45, 7) is 5.86. The van der Waals surface area contributed by atoms with Gasteiger partial charge in [-0.25, -0.2) is 0 Å². The highest BCUT2D eigenvalue weighted by Gasteiger charge is 2.11. The molecule has 0 heterocycles. The van der Waals surface area contributed by atoms with Crippen molar-refractivity contribution in [2.45, 2.75) is 13.3 Å². The highest BCUT2D eigenvalue weighted by Crippen LogP contribution is 2.36. The maximum atomic E-state index is 9.70. The van der Waals surface area contributed by atoms with Gasteiger partial charge in [0.2, 0.25) is 0 Å². The number of phenolic OH excluding ortho intramolecular Hbond substituents is 2. The van der Waals surface area contributed by atoms with E-state index in [0.717, 1.165) is 0 Å². The standard InChI is InChI=1S/C11H14O3/c1-3-5-8-9(12)6-7-10(11(8)13)14-4-2/h3,6-7,12-13H,1,4-5H2,2H3. The number of hydrogen-bond donors (Lipinski definition) is 2. The monoisotopic (exact) mass is 194 g/mol. The van der Waals surface area contributed by atoms with Gasteiger partial charge >= 0.3 is 0 Å². The molecule has 2 N–H and O–H groups in total. The van der Waals surface area contributed by atoms with Gasteiger partial charge in [-0.2, -0.15) is 0 Å². The lowest BCUT2D eigenvalue weighted by molar-refractivity contribution is 0.315. The molecule has 1 rings (SSSR count). The molecule has 0 spiro atoms. The summed E-state index contributed by atoms with van der Waals surface area (Å²) in [5.41, 5.74) is 0.450. The molecule has 0 aliphatic heterocycles. The van der Waals surface area contributed by atoms with E-state index >= 15 is 0 Å². The third-order valence-electron chi connectivity index (χ3n) is 1.87. The Balaban J connectivity index is 3.11. The first-order chi connectivity index (χ1) is 6.70. The maximum absolute atomic E-state index is 9.70. The van der Waals surface area contributed by atoms with Crippen molar-refractivity contribution in [1.82, 2.24) is 0 Å². The summed E-state index contributed by atoms with van der Waals surface area (Å²) < 4.78 is 5.18. The van der Waals surface area contributed by atoms with Crippen LogP contribution in [0.15, 0.2) is 24.8 Å². The Morgan fingerprint density at radius 2 is 2.14 bits per heavy atom. The average molecular weight is 194 g/mol. The molecule has 0 fully saturated rings. The largest absolute Gasteiger partial charge is 0.508 e. The molecule has 1 aromatic carbocycles. The number of aromatic hydroxyl groups is 2. The Morgan fingerprint density at radius 1 is 1.43 bits per heavy atom. The Bertz CT molecular complexity index is 332. The molecule has 3 heteroatoms. The van der Waals surface area contributed by atoms with Crippen molar-refractivity contribution in [1.29, 1.82) is 0 Å². The number of ether oxygens (including phenoxy) is 1. The van der Waals surface area contributed by atoms with E-state index in [2.05, 4.69) is 6.58 Å². The fourth-order valence-electron chi connectivity index (χ4n) is 1.22. The number of phenols is 2. The summed E-state index contributed by atoms with van der Waals surface area (Å²) in [4.78, 5) is 0. The Morgan fingerprint density at radius 3 is 2.71 bits per heavy atom. The van der Waals surface area contributed by atoms with Gasteiger partial charge in [-0.3, -0.25) is 0 Å². The number of hydrogen-bond acceptors (Lipinski definition) is 3. The first kappa shape index (κ1) is 10.4. The molecular formula is C11H14O3. The van der Waals surface area contributed by atoms with Crippen LogP contribution in [0.25, 0.3) is 0 Å². The van der Waals surface area contributed by atoms with Gasteiger partial charge in [-0.15, -0.1) is 6.58 Å². The van der Waals surface area contributed by atoms with Gasteiger partial charge in [0.15, 0.2) is 11.5 Å². The van der Waals surface area contributed by atoms with E-state index in [0.29, 0.717) is 24.3 Å². The molecule has 0 atom stereocenters. The Kier molecular flexibility index (Phi) is 3.40. The van der Waals surface area contributed by atoms with Crippen LogP contribution in [0.1, 0.15) is 12.5 Å². The lowest BCUT2D eigenvalue weighted by atomic mass is 10.1. The van der Waals surface area contributed by atoms with Crippen LogP contribution in [0.5, 0.6) is 17.2 Å². The number of benzene rings is 1. The van der Waals surface area contributed by atoms with Crippen molar-refractivity contribution < 1.29 is 14.9 Å². The van der Waals surface area contributed by atoms with Crippen LogP contribution >= 0.6 is 0 Å². The third kappa shape index (κ3) is 1.99. The topological polar surface area (TPSA) is 49.7 Å². The molecule has 14 heavy (non-hydrogen) atoms. The molecule has 0 saturated carbocycles. The zero-order valence-electron chi connectivity index (χ0n) is 8.16. The van der Waals surface area contributed by atoms with Gasteiger partial charge in [0.05, 0.1) is 6.61 Å². The van der Waals surface area contributed by atoms with Gasteiger partial charge in [-0.1, -0.05) is 6.08 Å². The fourth-order valence-corrected chi connectivity index (χ4v) is 1.22. The van der Waals surface area contributed by atoms with Crippen molar-refractivity contribution in [3.8, 4) is 17.2 Å². The summed E-state index contributed by atoms with van der Waals surface area (Å²) >= 11 is 0. The molecule has 3 nitrogen and oxygen atoms in total. The minimum Gasteiger partial charge on any atom is -0.508 e. The van der Waals surface area contributed by atoms with Crippen molar-refractivity contribution in [2.75, 3.05) is 6.61 Å². The minimum absolute atomic E-state index is 0.00764.